The van der Waals surface area contributed by atoms with Crippen molar-refractivity contribution in [1.82, 2.24) is 4.90 Å². The van der Waals surface area contributed by atoms with Gasteiger partial charge < -0.3 is 4.74 Å². The van der Waals surface area contributed by atoms with Gasteiger partial charge in [-0.05, 0) is 18.5 Å². The molecule has 116 valence electrons. The summed E-state index contributed by atoms with van der Waals surface area (Å²) in [6.07, 6.45) is 0.916. The smallest absolute Gasteiger partial charge is 0.310 e. The largest absolute Gasteiger partial charge is 0.469 e. The Bertz CT molecular complexity index is 515. The quantitative estimate of drug-likeness (QED) is 0.814. The summed E-state index contributed by atoms with van der Waals surface area (Å²) in [5, 5.41) is 0. The molecule has 0 amide bonds. The van der Waals surface area contributed by atoms with Crippen LogP contribution in [0.2, 0.25) is 0 Å². The minimum atomic E-state index is -0.0736. The summed E-state index contributed by atoms with van der Waals surface area (Å²) in [7, 11) is 1.46. The number of carbonyl (C=O) groups excluding carboxylic acids is 1. The number of rotatable bonds is 3. The van der Waals surface area contributed by atoms with Crippen molar-refractivity contribution in [2.24, 2.45) is 5.92 Å². The molecule has 0 aromatic heterocycles. The molecule has 0 aliphatic carbocycles. The molecule has 1 atom stereocenters. The Morgan fingerprint density at radius 1 is 1.05 bits per heavy atom. The fourth-order valence-electron chi connectivity index (χ4n) is 2.56. The number of hydrogen-bond acceptors (Lipinski definition) is 3. The molecule has 2 aromatic rings. The second-order valence-corrected chi connectivity index (χ2v) is 5.38. The van der Waals surface area contributed by atoms with Crippen LogP contribution >= 0.6 is 0 Å². The van der Waals surface area contributed by atoms with Crippen LogP contribution < -0.4 is 0 Å². The van der Waals surface area contributed by atoms with Crippen LogP contribution in [0.15, 0.2) is 66.7 Å². The Balaban J connectivity index is 0.000000246. The van der Waals surface area contributed by atoms with Crippen LogP contribution in [-0.4, -0.2) is 31.1 Å². The maximum absolute atomic E-state index is 11.4. The summed E-state index contributed by atoms with van der Waals surface area (Å²) in [5.41, 5.74) is 1.30. The van der Waals surface area contributed by atoms with Crippen LogP contribution in [0.1, 0.15) is 12.0 Å². The molecule has 0 spiro atoms. The van der Waals surface area contributed by atoms with Crippen molar-refractivity contribution in [2.75, 3.05) is 20.2 Å². The van der Waals surface area contributed by atoms with Gasteiger partial charge >= 0.3 is 5.97 Å². The molecule has 0 N–H and O–H groups in total. The number of carbonyl (C=O) groups is 1. The molecular weight excluding hydrogens is 274 g/mol. The Labute approximate surface area is 132 Å². The molecule has 0 saturated carbocycles. The Morgan fingerprint density at radius 2 is 1.59 bits per heavy atom. The lowest BCUT2D eigenvalue weighted by atomic mass is 10.1. The summed E-state index contributed by atoms with van der Waals surface area (Å²) >= 11 is 0. The Kier molecular flexibility index (Phi) is 6.65. The van der Waals surface area contributed by atoms with Gasteiger partial charge in [-0.1, -0.05) is 66.7 Å². The summed E-state index contributed by atoms with van der Waals surface area (Å²) in [5.74, 6) is -0.00993. The van der Waals surface area contributed by atoms with Gasteiger partial charge in [-0.25, -0.2) is 0 Å². The van der Waals surface area contributed by atoms with Gasteiger partial charge in [-0.2, -0.15) is 0 Å². The zero-order chi connectivity index (χ0) is 15.6. The highest BCUT2D eigenvalue weighted by Crippen LogP contribution is 2.19. The van der Waals surface area contributed by atoms with E-state index in [0.717, 1.165) is 26.1 Å². The second-order valence-electron chi connectivity index (χ2n) is 5.38. The van der Waals surface area contributed by atoms with Crippen LogP contribution in [-0.2, 0) is 16.1 Å². The lowest BCUT2D eigenvalue weighted by molar-refractivity contribution is -0.144. The van der Waals surface area contributed by atoms with E-state index in [-0.39, 0.29) is 11.9 Å². The van der Waals surface area contributed by atoms with Crippen molar-refractivity contribution in [3.05, 3.63) is 72.3 Å². The number of hydrogen-bond donors (Lipinski definition) is 0. The number of nitrogens with zero attached hydrogens (tertiary/aromatic N) is 1. The van der Waals surface area contributed by atoms with Crippen LogP contribution in [0.3, 0.4) is 0 Å². The second kappa shape index (κ2) is 9.00. The SMILES string of the molecule is COC(=O)C1CCN(Cc2ccccc2)C1.c1ccccc1. The lowest BCUT2D eigenvalue weighted by Crippen LogP contribution is -2.23. The van der Waals surface area contributed by atoms with Gasteiger partial charge in [0.1, 0.15) is 0 Å². The van der Waals surface area contributed by atoms with E-state index >= 15 is 0 Å². The highest BCUT2D eigenvalue weighted by Gasteiger charge is 2.28. The van der Waals surface area contributed by atoms with Crippen LogP contribution in [0.4, 0.5) is 0 Å². The third-order valence-electron chi connectivity index (χ3n) is 3.72. The maximum Gasteiger partial charge on any atom is 0.310 e. The van der Waals surface area contributed by atoms with E-state index in [9.17, 15) is 4.79 Å². The fraction of sp³-hybridized carbons (Fsp3) is 0.316. The molecule has 1 heterocycles. The van der Waals surface area contributed by atoms with Crippen molar-refractivity contribution in [3.63, 3.8) is 0 Å². The predicted octanol–water partition coefficient (Wildman–Crippen LogP) is 3.37. The van der Waals surface area contributed by atoms with E-state index in [1.807, 2.05) is 54.6 Å². The van der Waals surface area contributed by atoms with E-state index in [2.05, 4.69) is 17.0 Å². The molecular formula is C19H23NO2. The first-order chi connectivity index (χ1) is 10.8. The number of methoxy groups -OCH3 is 1. The molecule has 1 aliphatic rings. The van der Waals surface area contributed by atoms with Crippen molar-refractivity contribution >= 4 is 5.97 Å². The molecule has 22 heavy (non-hydrogen) atoms. The minimum absolute atomic E-state index is 0.0636. The predicted molar refractivity (Wildman–Crippen MR) is 88.3 cm³/mol. The molecule has 2 aromatic carbocycles. The number of esters is 1. The molecule has 1 saturated heterocycles. The van der Waals surface area contributed by atoms with E-state index in [1.54, 1.807) is 0 Å². The topological polar surface area (TPSA) is 29.5 Å². The van der Waals surface area contributed by atoms with Gasteiger partial charge in [-0.3, -0.25) is 9.69 Å². The Morgan fingerprint density at radius 3 is 2.14 bits per heavy atom. The minimum Gasteiger partial charge on any atom is -0.469 e. The average molecular weight is 297 g/mol. The highest BCUT2D eigenvalue weighted by atomic mass is 16.5. The van der Waals surface area contributed by atoms with Crippen molar-refractivity contribution in [2.45, 2.75) is 13.0 Å². The molecule has 0 bridgehead atoms. The molecule has 0 radical (unpaired) electrons. The lowest BCUT2D eigenvalue weighted by Gasteiger charge is -2.15. The average Bonchev–Trinajstić information content (AvgIpc) is 3.06. The van der Waals surface area contributed by atoms with E-state index < -0.39 is 0 Å². The number of likely N-dealkylation sites (tertiary alicyclic amines) is 1. The molecule has 3 heteroatoms. The summed E-state index contributed by atoms with van der Waals surface area (Å²) in [6, 6.07) is 22.3. The van der Waals surface area contributed by atoms with Crippen molar-refractivity contribution in [3.8, 4) is 0 Å². The van der Waals surface area contributed by atoms with Gasteiger partial charge in [0.15, 0.2) is 0 Å². The molecule has 3 rings (SSSR count). The van der Waals surface area contributed by atoms with Crippen LogP contribution in [0.25, 0.3) is 0 Å². The van der Waals surface area contributed by atoms with E-state index in [4.69, 9.17) is 4.74 Å². The molecule has 1 fully saturated rings. The van der Waals surface area contributed by atoms with Crippen LogP contribution in [0, 0.1) is 5.92 Å². The molecule has 1 aliphatic heterocycles. The normalized spacial score (nSPS) is 17.4. The third kappa shape index (κ3) is 5.34. The first-order valence-electron chi connectivity index (χ1n) is 7.63. The molecule has 3 nitrogen and oxygen atoms in total. The summed E-state index contributed by atoms with van der Waals surface area (Å²) in [6.45, 7) is 2.73. The first kappa shape index (κ1) is 16.2. The summed E-state index contributed by atoms with van der Waals surface area (Å²) < 4.78 is 4.77. The molecule has 1 unspecified atom stereocenters. The van der Waals surface area contributed by atoms with Crippen molar-refractivity contribution in [1.29, 1.82) is 0 Å². The zero-order valence-electron chi connectivity index (χ0n) is 13.0. The van der Waals surface area contributed by atoms with Gasteiger partial charge in [0.2, 0.25) is 0 Å². The van der Waals surface area contributed by atoms with Gasteiger partial charge in [0, 0.05) is 13.1 Å². The standard InChI is InChI=1S/C13H17NO2.C6H6/c1-16-13(15)12-7-8-14(10-12)9-11-5-3-2-4-6-11;1-2-4-6-5-3-1/h2-6,12H,7-10H2,1H3;1-6H. The maximum atomic E-state index is 11.4. The number of ether oxygens (including phenoxy) is 1. The first-order valence-corrected chi connectivity index (χ1v) is 7.63. The highest BCUT2D eigenvalue weighted by molar-refractivity contribution is 5.72. The Hall–Kier alpha value is -2.13. The van der Waals surface area contributed by atoms with Gasteiger partial charge in [0.05, 0.1) is 13.0 Å². The third-order valence-corrected chi connectivity index (χ3v) is 3.72. The van der Waals surface area contributed by atoms with Gasteiger partial charge in [-0.15, -0.1) is 0 Å². The number of benzene rings is 2. The van der Waals surface area contributed by atoms with Gasteiger partial charge in [0.25, 0.3) is 0 Å². The van der Waals surface area contributed by atoms with Crippen molar-refractivity contribution < 1.29 is 9.53 Å². The van der Waals surface area contributed by atoms with E-state index in [1.165, 1.54) is 12.7 Å². The fourth-order valence-corrected chi connectivity index (χ4v) is 2.56. The van der Waals surface area contributed by atoms with E-state index in [0.29, 0.717) is 0 Å². The zero-order valence-corrected chi connectivity index (χ0v) is 13.0. The monoisotopic (exact) mass is 297 g/mol. The van der Waals surface area contributed by atoms with Crippen LogP contribution in [0.5, 0.6) is 0 Å². The summed E-state index contributed by atoms with van der Waals surface area (Å²) in [4.78, 5) is 13.7.